The van der Waals surface area contributed by atoms with Gasteiger partial charge in [0.2, 0.25) is 0 Å². The van der Waals surface area contributed by atoms with Crippen LogP contribution in [-0.4, -0.2) is 53.0 Å². The summed E-state index contributed by atoms with van der Waals surface area (Å²) in [5.74, 6) is 0.899. The molecule has 0 radical (unpaired) electrons. The van der Waals surface area contributed by atoms with Gasteiger partial charge in [0, 0.05) is 24.5 Å². The fourth-order valence-corrected chi connectivity index (χ4v) is 4.44. The van der Waals surface area contributed by atoms with Crippen molar-refractivity contribution in [3.05, 3.63) is 45.4 Å². The molecule has 6 nitrogen and oxygen atoms in total. The molecule has 2 heterocycles. The van der Waals surface area contributed by atoms with Crippen molar-refractivity contribution in [1.82, 2.24) is 20.1 Å². The van der Waals surface area contributed by atoms with Gasteiger partial charge >= 0.3 is 6.03 Å². The molecule has 2 amide bonds. The summed E-state index contributed by atoms with van der Waals surface area (Å²) in [5, 5.41) is 6.00. The van der Waals surface area contributed by atoms with Crippen LogP contribution in [0, 0.1) is 13.8 Å². The SMILES string of the molecule is Cc1cccc(OCc2nc(CN(CCN3CCCCC3)C(=O)NC(C)C)cs2)c1C. The zero-order chi connectivity index (χ0) is 22.2. The Bertz CT molecular complexity index is 846. The van der Waals surface area contributed by atoms with E-state index in [1.807, 2.05) is 36.3 Å². The Morgan fingerprint density at radius 1 is 1.26 bits per heavy atom. The quantitative estimate of drug-likeness (QED) is 0.607. The largest absolute Gasteiger partial charge is 0.486 e. The summed E-state index contributed by atoms with van der Waals surface area (Å²) in [6, 6.07) is 6.19. The molecule has 0 spiro atoms. The second kappa shape index (κ2) is 11.5. The number of carbonyl (C=O) groups excluding carboxylic acids is 1. The number of benzene rings is 1. The second-order valence-electron chi connectivity index (χ2n) is 8.65. The van der Waals surface area contributed by atoms with Crippen molar-refractivity contribution in [2.45, 2.75) is 66.2 Å². The first kappa shape index (κ1) is 23.5. The Balaban J connectivity index is 1.58. The van der Waals surface area contributed by atoms with Gasteiger partial charge in [-0.15, -0.1) is 11.3 Å². The normalized spacial score (nSPS) is 14.6. The van der Waals surface area contributed by atoms with Crippen LogP contribution < -0.4 is 10.1 Å². The standard InChI is InChI=1S/C24H36N4O2S/c1-18(2)25-24(29)28(14-13-27-11-6-5-7-12-27)15-21-17-31-23(26-21)16-30-22-10-8-9-19(3)20(22)4/h8-10,17-18H,5-7,11-16H2,1-4H3,(H,25,29). The number of nitrogens with zero attached hydrogens (tertiary/aromatic N) is 3. The third kappa shape index (κ3) is 7.21. The van der Waals surface area contributed by atoms with Crippen LogP contribution in [0.1, 0.15) is 54.9 Å². The van der Waals surface area contributed by atoms with Gasteiger partial charge < -0.3 is 19.9 Å². The van der Waals surface area contributed by atoms with E-state index in [9.17, 15) is 4.79 Å². The lowest BCUT2D eigenvalue weighted by Crippen LogP contribution is -2.46. The fraction of sp³-hybridized carbons (Fsp3) is 0.583. The zero-order valence-electron chi connectivity index (χ0n) is 19.3. The number of likely N-dealkylation sites (tertiary alicyclic amines) is 1. The number of hydrogen-bond donors (Lipinski definition) is 1. The molecular formula is C24H36N4O2S. The number of piperidine rings is 1. The number of aromatic nitrogens is 1. The summed E-state index contributed by atoms with van der Waals surface area (Å²) >= 11 is 1.59. The predicted molar refractivity (Wildman–Crippen MR) is 127 cm³/mol. The summed E-state index contributed by atoms with van der Waals surface area (Å²) in [5.41, 5.74) is 3.30. The van der Waals surface area contributed by atoms with E-state index in [0.29, 0.717) is 19.7 Å². The van der Waals surface area contributed by atoms with Gasteiger partial charge in [0.05, 0.1) is 12.2 Å². The van der Waals surface area contributed by atoms with Gasteiger partial charge in [0.15, 0.2) is 0 Å². The Hall–Kier alpha value is -2.12. The molecule has 1 saturated heterocycles. The van der Waals surface area contributed by atoms with E-state index in [1.165, 1.54) is 24.8 Å². The highest BCUT2D eigenvalue weighted by Gasteiger charge is 2.19. The zero-order valence-corrected chi connectivity index (χ0v) is 20.1. The Labute approximate surface area is 190 Å². The van der Waals surface area contributed by atoms with E-state index < -0.39 is 0 Å². The minimum Gasteiger partial charge on any atom is -0.486 e. The van der Waals surface area contributed by atoms with Crippen LogP contribution in [0.25, 0.3) is 0 Å². The minimum atomic E-state index is -0.0202. The molecule has 7 heteroatoms. The number of urea groups is 1. The van der Waals surface area contributed by atoms with Crippen LogP contribution in [0.2, 0.25) is 0 Å². The molecule has 1 aromatic heterocycles. The second-order valence-corrected chi connectivity index (χ2v) is 9.59. The first-order valence-electron chi connectivity index (χ1n) is 11.3. The van der Waals surface area contributed by atoms with Crippen molar-refractivity contribution in [3.8, 4) is 5.75 Å². The molecule has 1 N–H and O–H groups in total. The predicted octanol–water partition coefficient (Wildman–Crippen LogP) is 4.74. The van der Waals surface area contributed by atoms with Crippen LogP contribution in [0.15, 0.2) is 23.6 Å². The highest BCUT2D eigenvalue weighted by Crippen LogP contribution is 2.22. The number of amides is 2. The fourth-order valence-electron chi connectivity index (χ4n) is 3.74. The first-order valence-corrected chi connectivity index (χ1v) is 12.2. The number of thiazole rings is 1. The summed E-state index contributed by atoms with van der Waals surface area (Å²) in [4.78, 5) is 21.8. The van der Waals surface area contributed by atoms with Gasteiger partial charge in [-0.25, -0.2) is 9.78 Å². The van der Waals surface area contributed by atoms with Crippen molar-refractivity contribution < 1.29 is 9.53 Å². The molecule has 0 unspecified atom stereocenters. The van der Waals surface area contributed by atoms with Gasteiger partial charge in [-0.05, 0) is 70.8 Å². The number of rotatable bonds is 9. The average molecular weight is 445 g/mol. The van der Waals surface area contributed by atoms with E-state index >= 15 is 0 Å². The van der Waals surface area contributed by atoms with Gasteiger partial charge in [-0.1, -0.05) is 18.6 Å². The highest BCUT2D eigenvalue weighted by molar-refractivity contribution is 7.09. The highest BCUT2D eigenvalue weighted by atomic mass is 32.1. The number of hydrogen-bond acceptors (Lipinski definition) is 5. The molecule has 1 fully saturated rings. The molecule has 31 heavy (non-hydrogen) atoms. The minimum absolute atomic E-state index is 0.0202. The van der Waals surface area contributed by atoms with Crippen molar-refractivity contribution in [2.75, 3.05) is 26.2 Å². The molecule has 2 aromatic rings. The van der Waals surface area contributed by atoms with E-state index in [-0.39, 0.29) is 12.1 Å². The molecule has 170 valence electrons. The summed E-state index contributed by atoms with van der Waals surface area (Å²) < 4.78 is 6.00. The summed E-state index contributed by atoms with van der Waals surface area (Å²) in [6.45, 7) is 13.0. The van der Waals surface area contributed by atoms with Crippen molar-refractivity contribution in [2.24, 2.45) is 0 Å². The molecule has 1 aliphatic heterocycles. The summed E-state index contributed by atoms with van der Waals surface area (Å²) in [6.07, 6.45) is 3.84. The number of ether oxygens (including phenoxy) is 1. The van der Waals surface area contributed by atoms with Gasteiger partial charge in [0.25, 0.3) is 0 Å². The van der Waals surface area contributed by atoms with E-state index in [2.05, 4.69) is 30.1 Å². The number of aryl methyl sites for hydroxylation is 1. The van der Waals surface area contributed by atoms with Crippen LogP contribution in [0.4, 0.5) is 4.79 Å². The maximum absolute atomic E-state index is 12.8. The Kier molecular flexibility index (Phi) is 8.72. The van der Waals surface area contributed by atoms with Gasteiger partial charge in [-0.2, -0.15) is 0 Å². The molecule has 0 aliphatic carbocycles. The first-order chi connectivity index (χ1) is 14.9. The lowest BCUT2D eigenvalue weighted by atomic mass is 10.1. The lowest BCUT2D eigenvalue weighted by molar-refractivity contribution is 0.167. The van der Waals surface area contributed by atoms with Crippen LogP contribution >= 0.6 is 11.3 Å². The van der Waals surface area contributed by atoms with Gasteiger partial charge in [-0.3, -0.25) is 0 Å². The summed E-state index contributed by atoms with van der Waals surface area (Å²) in [7, 11) is 0. The molecule has 0 bridgehead atoms. The third-order valence-electron chi connectivity index (χ3n) is 5.69. The molecular weight excluding hydrogens is 408 g/mol. The molecule has 3 rings (SSSR count). The average Bonchev–Trinajstić information content (AvgIpc) is 3.20. The Morgan fingerprint density at radius 2 is 2.03 bits per heavy atom. The monoisotopic (exact) mass is 444 g/mol. The van der Waals surface area contributed by atoms with Crippen molar-refractivity contribution in [1.29, 1.82) is 0 Å². The smallest absolute Gasteiger partial charge is 0.317 e. The molecule has 0 atom stereocenters. The third-order valence-corrected chi connectivity index (χ3v) is 6.56. The topological polar surface area (TPSA) is 57.7 Å². The van der Waals surface area contributed by atoms with Crippen molar-refractivity contribution in [3.63, 3.8) is 0 Å². The van der Waals surface area contributed by atoms with E-state index in [4.69, 9.17) is 9.72 Å². The lowest BCUT2D eigenvalue weighted by Gasteiger charge is -2.30. The molecule has 1 aliphatic rings. The maximum Gasteiger partial charge on any atom is 0.317 e. The van der Waals surface area contributed by atoms with E-state index in [1.54, 1.807) is 11.3 Å². The number of carbonyl (C=O) groups is 1. The number of nitrogens with one attached hydrogen (secondary N) is 1. The van der Waals surface area contributed by atoms with Crippen LogP contribution in [0.3, 0.4) is 0 Å². The van der Waals surface area contributed by atoms with E-state index in [0.717, 1.165) is 41.6 Å². The van der Waals surface area contributed by atoms with Crippen molar-refractivity contribution >= 4 is 17.4 Å². The van der Waals surface area contributed by atoms with Gasteiger partial charge in [0.1, 0.15) is 17.4 Å². The Morgan fingerprint density at radius 3 is 2.77 bits per heavy atom. The van der Waals surface area contributed by atoms with Crippen LogP contribution in [-0.2, 0) is 13.2 Å². The molecule has 1 aromatic carbocycles. The van der Waals surface area contributed by atoms with Crippen LogP contribution in [0.5, 0.6) is 5.75 Å². The molecule has 0 saturated carbocycles. The maximum atomic E-state index is 12.8.